The van der Waals surface area contributed by atoms with Gasteiger partial charge in [0.25, 0.3) is 0 Å². The highest BCUT2D eigenvalue weighted by Crippen LogP contribution is 2.37. The maximum absolute atomic E-state index is 13.2. The van der Waals surface area contributed by atoms with E-state index in [1.165, 1.54) is 24.3 Å². The topological polar surface area (TPSA) is 61.7 Å². The van der Waals surface area contributed by atoms with Crippen molar-refractivity contribution in [3.63, 3.8) is 0 Å². The largest absolute Gasteiger partial charge is 0.508 e. The van der Waals surface area contributed by atoms with Crippen molar-refractivity contribution in [3.05, 3.63) is 83.9 Å². The predicted octanol–water partition coefficient (Wildman–Crippen LogP) is 5.17. The van der Waals surface area contributed by atoms with Crippen LogP contribution in [0.15, 0.2) is 72.8 Å². The molecule has 0 aromatic heterocycles. The molecule has 0 radical (unpaired) electrons. The molecule has 0 aliphatic heterocycles. The van der Waals surface area contributed by atoms with Crippen LogP contribution in [-0.4, -0.2) is 29.4 Å². The highest BCUT2D eigenvalue weighted by molar-refractivity contribution is 5.68. The molecule has 0 fully saturated rings. The first kappa shape index (κ1) is 22.7. The molecule has 3 aromatic carbocycles. The molecule has 0 saturated carbocycles. The molecule has 0 aliphatic rings. The van der Waals surface area contributed by atoms with E-state index in [2.05, 4.69) is 5.32 Å². The number of hydrogen-bond acceptors (Lipinski definition) is 4. The van der Waals surface area contributed by atoms with Gasteiger partial charge in [-0.2, -0.15) is 13.2 Å². The van der Waals surface area contributed by atoms with Crippen LogP contribution in [0.5, 0.6) is 11.5 Å². The Balaban J connectivity index is 1.52. The number of alkyl halides is 3. The monoisotopic (exact) mass is 431 g/mol. The van der Waals surface area contributed by atoms with Gasteiger partial charge in [-0.15, -0.1) is 0 Å². The highest BCUT2D eigenvalue weighted by Gasteiger charge is 2.33. The van der Waals surface area contributed by atoms with E-state index in [0.717, 1.165) is 6.07 Å². The molecule has 0 spiro atoms. The third-order valence-electron chi connectivity index (χ3n) is 4.94. The first-order valence-electron chi connectivity index (χ1n) is 9.85. The fourth-order valence-corrected chi connectivity index (χ4v) is 3.24. The summed E-state index contributed by atoms with van der Waals surface area (Å²) in [6.07, 6.45) is -5.16. The molecule has 0 bridgehead atoms. The molecule has 164 valence electrons. The van der Waals surface area contributed by atoms with Crippen molar-refractivity contribution in [2.45, 2.75) is 25.2 Å². The van der Waals surface area contributed by atoms with E-state index in [1.807, 2.05) is 6.92 Å². The van der Waals surface area contributed by atoms with Gasteiger partial charge in [0.15, 0.2) is 0 Å². The van der Waals surface area contributed by atoms with Crippen molar-refractivity contribution < 1.29 is 28.1 Å². The second kappa shape index (κ2) is 9.85. The second-order valence-electron chi connectivity index (χ2n) is 7.20. The standard InChI is InChI=1S/C24H24F3NO3/c1-16(23(30)18-6-10-19(29)11-7-18)28-14-15-31-20-12-8-17(9-13-20)21-4-2-3-5-22(21)24(25,26)27/h2-13,16,23,28-30H,14-15H2,1H3/t16-,23-/m1/s1. The van der Waals surface area contributed by atoms with E-state index in [1.54, 1.807) is 42.5 Å². The Morgan fingerprint density at radius 3 is 2.23 bits per heavy atom. The number of aromatic hydroxyl groups is 1. The predicted molar refractivity (Wildman–Crippen MR) is 113 cm³/mol. The summed E-state index contributed by atoms with van der Waals surface area (Å²) < 4.78 is 45.3. The van der Waals surface area contributed by atoms with Crippen LogP contribution in [0, 0.1) is 0 Å². The van der Waals surface area contributed by atoms with Crippen LogP contribution in [0.25, 0.3) is 11.1 Å². The van der Waals surface area contributed by atoms with E-state index >= 15 is 0 Å². The lowest BCUT2D eigenvalue weighted by molar-refractivity contribution is -0.137. The number of benzene rings is 3. The summed E-state index contributed by atoms with van der Waals surface area (Å²) in [5.41, 5.74) is 0.604. The fraction of sp³-hybridized carbons (Fsp3) is 0.250. The Morgan fingerprint density at radius 1 is 0.935 bits per heavy atom. The minimum atomic E-state index is -4.42. The number of ether oxygens (including phenoxy) is 1. The Kier molecular flexibility index (Phi) is 7.20. The summed E-state index contributed by atoms with van der Waals surface area (Å²) in [5.74, 6) is 0.680. The molecule has 0 aliphatic carbocycles. The average Bonchev–Trinajstić information content (AvgIpc) is 2.76. The highest BCUT2D eigenvalue weighted by atomic mass is 19.4. The molecule has 3 rings (SSSR count). The van der Waals surface area contributed by atoms with Crippen LogP contribution in [-0.2, 0) is 6.18 Å². The normalized spacial score (nSPS) is 13.6. The van der Waals surface area contributed by atoms with Gasteiger partial charge >= 0.3 is 6.18 Å². The van der Waals surface area contributed by atoms with Crippen LogP contribution in [0.4, 0.5) is 13.2 Å². The third-order valence-corrected chi connectivity index (χ3v) is 4.94. The molecular weight excluding hydrogens is 407 g/mol. The molecule has 0 amide bonds. The van der Waals surface area contributed by atoms with Crippen LogP contribution < -0.4 is 10.1 Å². The number of phenols is 1. The van der Waals surface area contributed by atoms with Gasteiger partial charge in [-0.25, -0.2) is 0 Å². The average molecular weight is 431 g/mol. The van der Waals surface area contributed by atoms with E-state index in [9.17, 15) is 23.4 Å². The van der Waals surface area contributed by atoms with Crippen LogP contribution >= 0.6 is 0 Å². The maximum atomic E-state index is 13.2. The van der Waals surface area contributed by atoms with Crippen molar-refractivity contribution >= 4 is 0 Å². The van der Waals surface area contributed by atoms with Crippen LogP contribution in [0.1, 0.15) is 24.2 Å². The van der Waals surface area contributed by atoms with E-state index < -0.39 is 17.8 Å². The van der Waals surface area contributed by atoms with Crippen molar-refractivity contribution in [3.8, 4) is 22.6 Å². The SMILES string of the molecule is C[C@@H](NCCOc1ccc(-c2ccccc2C(F)(F)F)cc1)[C@@H](O)c1ccc(O)cc1. The minimum Gasteiger partial charge on any atom is -0.508 e. The maximum Gasteiger partial charge on any atom is 0.417 e. The Labute approximate surface area is 178 Å². The molecule has 0 saturated heterocycles. The van der Waals surface area contributed by atoms with Gasteiger partial charge in [-0.05, 0) is 53.9 Å². The number of phenolic OH excluding ortho intramolecular Hbond substituents is 1. The van der Waals surface area contributed by atoms with Crippen molar-refractivity contribution in [1.29, 1.82) is 0 Å². The lowest BCUT2D eigenvalue weighted by Gasteiger charge is -2.21. The quantitative estimate of drug-likeness (QED) is 0.431. The lowest BCUT2D eigenvalue weighted by Crippen LogP contribution is -2.35. The van der Waals surface area contributed by atoms with Crippen molar-refractivity contribution in [2.24, 2.45) is 0 Å². The number of aliphatic hydroxyl groups excluding tert-OH is 1. The summed E-state index contributed by atoms with van der Waals surface area (Å²) in [5, 5.41) is 22.8. The summed E-state index contributed by atoms with van der Waals surface area (Å²) >= 11 is 0. The second-order valence-corrected chi connectivity index (χ2v) is 7.20. The van der Waals surface area contributed by atoms with Gasteiger partial charge in [0, 0.05) is 12.6 Å². The zero-order chi connectivity index (χ0) is 22.4. The van der Waals surface area contributed by atoms with Crippen molar-refractivity contribution in [2.75, 3.05) is 13.2 Å². The van der Waals surface area contributed by atoms with Gasteiger partial charge in [0.2, 0.25) is 0 Å². The number of hydrogen-bond donors (Lipinski definition) is 3. The number of nitrogens with one attached hydrogen (secondary N) is 1. The Bertz CT molecular complexity index is 973. The van der Waals surface area contributed by atoms with Crippen molar-refractivity contribution in [1.82, 2.24) is 5.32 Å². The van der Waals surface area contributed by atoms with E-state index in [-0.39, 0.29) is 17.4 Å². The zero-order valence-electron chi connectivity index (χ0n) is 16.9. The van der Waals surface area contributed by atoms with Gasteiger partial charge in [-0.1, -0.05) is 42.5 Å². The first-order valence-corrected chi connectivity index (χ1v) is 9.85. The van der Waals surface area contributed by atoms with Gasteiger partial charge in [0.1, 0.15) is 18.1 Å². The molecule has 4 nitrogen and oxygen atoms in total. The summed E-state index contributed by atoms with van der Waals surface area (Å²) in [6.45, 7) is 2.63. The van der Waals surface area contributed by atoms with Crippen LogP contribution in [0.2, 0.25) is 0 Å². The number of halogens is 3. The summed E-state index contributed by atoms with van der Waals surface area (Å²) in [6, 6.07) is 18.1. The zero-order valence-corrected chi connectivity index (χ0v) is 16.9. The first-order chi connectivity index (χ1) is 14.8. The third kappa shape index (κ3) is 5.99. The molecule has 31 heavy (non-hydrogen) atoms. The van der Waals surface area contributed by atoms with E-state index in [0.29, 0.717) is 30.0 Å². The smallest absolute Gasteiger partial charge is 0.417 e. The summed E-state index contributed by atoms with van der Waals surface area (Å²) in [7, 11) is 0. The minimum absolute atomic E-state index is 0.125. The summed E-state index contributed by atoms with van der Waals surface area (Å²) in [4.78, 5) is 0. The molecule has 3 N–H and O–H groups in total. The molecular formula is C24H24F3NO3. The fourth-order valence-electron chi connectivity index (χ4n) is 3.24. The van der Waals surface area contributed by atoms with E-state index in [4.69, 9.17) is 4.74 Å². The van der Waals surface area contributed by atoms with Gasteiger partial charge in [-0.3, -0.25) is 0 Å². The lowest BCUT2D eigenvalue weighted by atomic mass is 9.99. The Hall–Kier alpha value is -3.03. The van der Waals surface area contributed by atoms with Crippen LogP contribution in [0.3, 0.4) is 0 Å². The number of rotatable bonds is 8. The molecule has 2 atom stereocenters. The molecule has 7 heteroatoms. The number of aliphatic hydroxyl groups is 1. The molecule has 3 aromatic rings. The molecule has 0 unspecified atom stereocenters. The van der Waals surface area contributed by atoms with Gasteiger partial charge in [0.05, 0.1) is 11.7 Å². The Morgan fingerprint density at radius 2 is 1.58 bits per heavy atom. The molecule has 0 heterocycles. The van der Waals surface area contributed by atoms with Gasteiger partial charge < -0.3 is 20.3 Å².